The third-order valence-electron chi connectivity index (χ3n) is 16.4. The molecule has 5 aliphatic carbocycles. The summed E-state index contributed by atoms with van der Waals surface area (Å²) in [6.07, 6.45) is 21.6. The molecule has 0 bridgehead atoms. The van der Waals surface area contributed by atoms with Gasteiger partial charge in [-0.3, -0.25) is 9.59 Å². The fraction of sp³-hybridized carbons (Fsp3) is 0.905. The Morgan fingerprint density at radius 2 is 1.36 bits per heavy atom. The number of allylic oxidation sites excluding steroid dienone is 1. The minimum atomic E-state index is -0.683. The standard InChI is InChI=1S/C42H71NO4/c1-29(2)30-20-25-42(37(47)43-28-16-14-12-10-8-9-11-13-15-17-35(45)46)27-26-40(6)31(36(30)42)18-19-33-39(5)23-22-34(44)38(3,4)32(39)21-24-41(33,40)7/h30-34,36,44H,1,8-28H2,2-7H3,(H,43,47)(H,45,46)/t30-,31+,32-,33?,34-,36+,39-,40+,41+,42-/m0/s1. The summed E-state index contributed by atoms with van der Waals surface area (Å²) in [5, 5.41) is 23.3. The summed E-state index contributed by atoms with van der Waals surface area (Å²) < 4.78 is 0. The Kier molecular flexibility index (Phi) is 11.1. The topological polar surface area (TPSA) is 86.6 Å². The number of amides is 1. The molecule has 0 aromatic heterocycles. The van der Waals surface area contributed by atoms with Crippen molar-refractivity contribution >= 4 is 11.9 Å². The van der Waals surface area contributed by atoms with E-state index in [1.807, 2.05) is 0 Å². The highest BCUT2D eigenvalue weighted by Crippen LogP contribution is 2.77. The first kappa shape index (κ1) is 36.9. The molecule has 5 heteroatoms. The molecule has 5 fully saturated rings. The van der Waals surface area contributed by atoms with Gasteiger partial charge in [0.2, 0.25) is 5.91 Å². The fourth-order valence-corrected chi connectivity index (χ4v) is 13.5. The molecule has 0 aliphatic heterocycles. The highest BCUT2D eigenvalue weighted by atomic mass is 16.4. The van der Waals surface area contributed by atoms with Gasteiger partial charge in [0.05, 0.1) is 11.5 Å². The van der Waals surface area contributed by atoms with Crippen molar-refractivity contribution in [2.24, 2.45) is 56.7 Å². The van der Waals surface area contributed by atoms with E-state index in [1.54, 1.807) is 0 Å². The van der Waals surface area contributed by atoms with Crippen LogP contribution >= 0.6 is 0 Å². The molecule has 0 radical (unpaired) electrons. The Balaban J connectivity index is 1.21. The zero-order chi connectivity index (χ0) is 34.3. The lowest BCUT2D eigenvalue weighted by atomic mass is 9.32. The largest absolute Gasteiger partial charge is 0.481 e. The number of aliphatic carboxylic acids is 1. The molecule has 268 valence electrons. The number of hydrogen-bond acceptors (Lipinski definition) is 3. The van der Waals surface area contributed by atoms with Crippen LogP contribution in [0.15, 0.2) is 12.2 Å². The number of nitrogens with one attached hydrogen (secondary N) is 1. The Morgan fingerprint density at radius 1 is 0.723 bits per heavy atom. The number of carboxylic acids is 1. The quantitative estimate of drug-likeness (QED) is 0.129. The number of aliphatic hydroxyl groups is 1. The highest BCUT2D eigenvalue weighted by molar-refractivity contribution is 5.83. The molecular formula is C42H71NO4. The van der Waals surface area contributed by atoms with Gasteiger partial charge < -0.3 is 15.5 Å². The Labute approximate surface area is 287 Å². The maximum Gasteiger partial charge on any atom is 0.303 e. The predicted octanol–water partition coefficient (Wildman–Crippen LogP) is 10.1. The van der Waals surface area contributed by atoms with Crippen LogP contribution in [0, 0.1) is 56.7 Å². The maximum absolute atomic E-state index is 14.4. The molecule has 0 heterocycles. The number of rotatable bonds is 14. The van der Waals surface area contributed by atoms with Gasteiger partial charge >= 0.3 is 5.97 Å². The summed E-state index contributed by atoms with van der Waals surface area (Å²) in [5.41, 5.74) is 1.81. The molecule has 3 N–H and O–H groups in total. The number of carbonyl (C=O) groups excluding carboxylic acids is 1. The summed E-state index contributed by atoms with van der Waals surface area (Å²) in [4.78, 5) is 25.0. The van der Waals surface area contributed by atoms with Crippen molar-refractivity contribution in [3.05, 3.63) is 12.2 Å². The summed E-state index contributed by atoms with van der Waals surface area (Å²) in [5.74, 6) is 2.35. The number of hydrogen-bond donors (Lipinski definition) is 3. The fourth-order valence-electron chi connectivity index (χ4n) is 13.5. The minimum absolute atomic E-state index is 0.0209. The van der Waals surface area contributed by atoms with Crippen molar-refractivity contribution in [2.75, 3.05) is 6.54 Å². The van der Waals surface area contributed by atoms with E-state index in [1.165, 1.54) is 63.4 Å². The van der Waals surface area contributed by atoms with Crippen LogP contribution in [0.5, 0.6) is 0 Å². The summed E-state index contributed by atoms with van der Waals surface area (Å²) in [6, 6.07) is 0. The molecule has 1 unspecified atom stereocenters. The number of carboxylic acid groups (broad SMARTS) is 1. The van der Waals surface area contributed by atoms with E-state index in [-0.39, 0.29) is 33.2 Å². The van der Waals surface area contributed by atoms with Crippen LogP contribution in [-0.4, -0.2) is 34.7 Å². The molecule has 5 nitrogen and oxygen atoms in total. The Hall–Kier alpha value is -1.36. The van der Waals surface area contributed by atoms with Gasteiger partial charge in [0, 0.05) is 13.0 Å². The van der Waals surface area contributed by atoms with E-state index < -0.39 is 5.97 Å². The van der Waals surface area contributed by atoms with Gasteiger partial charge in [-0.25, -0.2) is 0 Å². The SMILES string of the molecule is C=C(C)[C@@H]1CC[C@]2(C(=O)NCCCCCCCCCCCC(=O)O)CC[C@]3(C)[C@H](CCC4[C@@]5(C)CC[C@H](O)C(C)(C)[C@@H]5CC[C@]43C)[C@@H]12. The molecule has 0 aromatic carbocycles. The molecule has 10 atom stereocenters. The zero-order valence-corrected chi connectivity index (χ0v) is 31.2. The van der Waals surface area contributed by atoms with E-state index in [9.17, 15) is 14.7 Å². The van der Waals surface area contributed by atoms with Crippen LogP contribution in [0.1, 0.15) is 170 Å². The predicted molar refractivity (Wildman–Crippen MR) is 192 cm³/mol. The van der Waals surface area contributed by atoms with Gasteiger partial charge in [0.25, 0.3) is 0 Å². The lowest BCUT2D eigenvalue weighted by Crippen LogP contribution is -2.67. The van der Waals surface area contributed by atoms with Crippen LogP contribution < -0.4 is 5.32 Å². The van der Waals surface area contributed by atoms with Crippen molar-refractivity contribution in [1.82, 2.24) is 5.32 Å². The molecule has 5 rings (SSSR count). The molecule has 0 spiro atoms. The van der Waals surface area contributed by atoms with E-state index in [2.05, 4.69) is 53.4 Å². The highest BCUT2D eigenvalue weighted by Gasteiger charge is 2.71. The van der Waals surface area contributed by atoms with Crippen LogP contribution in [0.4, 0.5) is 0 Å². The van der Waals surface area contributed by atoms with Crippen LogP contribution in [0.2, 0.25) is 0 Å². The number of fused-ring (bicyclic) bond motifs is 7. The van der Waals surface area contributed by atoms with Gasteiger partial charge in [-0.15, -0.1) is 0 Å². The van der Waals surface area contributed by atoms with E-state index in [4.69, 9.17) is 5.11 Å². The van der Waals surface area contributed by atoms with Crippen LogP contribution in [0.3, 0.4) is 0 Å². The van der Waals surface area contributed by atoms with Crippen LogP contribution in [-0.2, 0) is 9.59 Å². The average Bonchev–Trinajstić information content (AvgIpc) is 3.41. The second-order valence-corrected chi connectivity index (χ2v) is 18.8. The molecule has 1 amide bonds. The lowest BCUT2D eigenvalue weighted by molar-refractivity contribution is -0.246. The lowest BCUT2D eigenvalue weighted by Gasteiger charge is -2.72. The van der Waals surface area contributed by atoms with Gasteiger partial charge in [-0.05, 0) is 135 Å². The third kappa shape index (κ3) is 6.40. The van der Waals surface area contributed by atoms with E-state index >= 15 is 0 Å². The Bertz CT molecular complexity index is 1150. The smallest absolute Gasteiger partial charge is 0.303 e. The third-order valence-corrected chi connectivity index (χ3v) is 16.4. The van der Waals surface area contributed by atoms with Crippen molar-refractivity contribution in [3.63, 3.8) is 0 Å². The van der Waals surface area contributed by atoms with Gasteiger partial charge in [0.15, 0.2) is 0 Å². The van der Waals surface area contributed by atoms with Gasteiger partial charge in [-0.1, -0.05) is 91.7 Å². The zero-order valence-electron chi connectivity index (χ0n) is 31.2. The molecule has 5 saturated carbocycles. The molecular weight excluding hydrogens is 582 g/mol. The van der Waals surface area contributed by atoms with Crippen LogP contribution in [0.25, 0.3) is 0 Å². The van der Waals surface area contributed by atoms with E-state index in [0.717, 1.165) is 70.8 Å². The number of aliphatic hydroxyl groups excluding tert-OH is 1. The summed E-state index contributed by atoms with van der Waals surface area (Å²) >= 11 is 0. The molecule has 5 aliphatic rings. The normalized spacial score (nSPS) is 42.0. The first-order valence-corrected chi connectivity index (χ1v) is 20.0. The minimum Gasteiger partial charge on any atom is -0.481 e. The molecule has 0 saturated heterocycles. The monoisotopic (exact) mass is 654 g/mol. The second-order valence-electron chi connectivity index (χ2n) is 18.8. The van der Waals surface area contributed by atoms with Crippen molar-refractivity contribution in [3.8, 4) is 0 Å². The second kappa shape index (κ2) is 14.1. The summed E-state index contributed by atoms with van der Waals surface area (Å²) in [6.45, 7) is 20.2. The van der Waals surface area contributed by atoms with Crippen molar-refractivity contribution in [2.45, 2.75) is 176 Å². The molecule has 0 aromatic rings. The van der Waals surface area contributed by atoms with Gasteiger partial charge in [-0.2, -0.15) is 0 Å². The molecule has 47 heavy (non-hydrogen) atoms. The first-order chi connectivity index (χ1) is 22.1. The average molecular weight is 654 g/mol. The summed E-state index contributed by atoms with van der Waals surface area (Å²) in [7, 11) is 0. The van der Waals surface area contributed by atoms with Gasteiger partial charge in [0.1, 0.15) is 0 Å². The first-order valence-electron chi connectivity index (χ1n) is 20.0. The maximum atomic E-state index is 14.4. The van der Waals surface area contributed by atoms with E-state index in [0.29, 0.717) is 41.9 Å². The number of unbranched alkanes of at least 4 members (excludes halogenated alkanes) is 8. The Morgan fingerprint density at radius 3 is 2.00 bits per heavy atom. The van der Waals surface area contributed by atoms with Crippen molar-refractivity contribution < 1.29 is 19.8 Å². The number of carbonyl (C=O) groups is 2. The van der Waals surface area contributed by atoms with Crippen molar-refractivity contribution in [1.29, 1.82) is 0 Å².